The van der Waals surface area contributed by atoms with Crippen molar-refractivity contribution in [2.75, 3.05) is 25.1 Å². The van der Waals surface area contributed by atoms with Crippen molar-refractivity contribution in [1.82, 2.24) is 4.90 Å². The molecular formula is C30H38N2O5. The maximum absolute atomic E-state index is 13.8. The van der Waals surface area contributed by atoms with Gasteiger partial charge in [-0.1, -0.05) is 62.2 Å². The van der Waals surface area contributed by atoms with Crippen molar-refractivity contribution in [3.05, 3.63) is 54.6 Å². The molecule has 4 rings (SSSR count). The Morgan fingerprint density at radius 1 is 1.00 bits per heavy atom. The van der Waals surface area contributed by atoms with Crippen molar-refractivity contribution in [1.29, 1.82) is 0 Å². The first-order valence-electron chi connectivity index (χ1n) is 13.6. The van der Waals surface area contributed by atoms with Crippen molar-refractivity contribution in [3.63, 3.8) is 0 Å². The van der Waals surface area contributed by atoms with Gasteiger partial charge in [-0.05, 0) is 55.0 Å². The van der Waals surface area contributed by atoms with Gasteiger partial charge in [0.05, 0.1) is 18.4 Å². The van der Waals surface area contributed by atoms with Gasteiger partial charge in [-0.3, -0.25) is 14.4 Å². The van der Waals surface area contributed by atoms with Gasteiger partial charge in [-0.2, -0.15) is 0 Å². The van der Waals surface area contributed by atoms with Crippen molar-refractivity contribution in [2.45, 2.75) is 52.0 Å². The van der Waals surface area contributed by atoms with E-state index >= 15 is 0 Å². The number of amides is 2. The molecule has 0 saturated carbocycles. The first-order valence-corrected chi connectivity index (χ1v) is 13.6. The number of aliphatic hydroxyl groups excluding tert-OH is 1. The quantitative estimate of drug-likeness (QED) is 0.265. The third-order valence-electron chi connectivity index (χ3n) is 7.73. The van der Waals surface area contributed by atoms with E-state index in [4.69, 9.17) is 9.84 Å². The van der Waals surface area contributed by atoms with E-state index in [2.05, 4.69) is 5.32 Å². The van der Waals surface area contributed by atoms with Crippen molar-refractivity contribution >= 4 is 34.2 Å². The lowest BCUT2D eigenvalue weighted by molar-refractivity contribution is -0.155. The molecule has 2 aromatic carbocycles. The van der Waals surface area contributed by atoms with E-state index < -0.39 is 23.8 Å². The van der Waals surface area contributed by atoms with Gasteiger partial charge in [-0.25, -0.2) is 0 Å². The number of aliphatic hydroxyl groups is 1. The molecule has 2 aliphatic rings. The third-order valence-corrected chi connectivity index (χ3v) is 7.73. The highest BCUT2D eigenvalue weighted by molar-refractivity contribution is 6.02. The number of benzene rings is 2. The molecule has 1 fully saturated rings. The molecule has 198 valence electrons. The van der Waals surface area contributed by atoms with Crippen molar-refractivity contribution < 1.29 is 24.2 Å². The second-order valence-corrected chi connectivity index (χ2v) is 10.0. The van der Waals surface area contributed by atoms with Crippen LogP contribution in [0.5, 0.6) is 0 Å². The van der Waals surface area contributed by atoms with Crippen LogP contribution < -0.4 is 5.32 Å². The molecule has 1 saturated heterocycles. The van der Waals surface area contributed by atoms with Gasteiger partial charge in [0.15, 0.2) is 0 Å². The topological polar surface area (TPSA) is 95.9 Å². The number of nitrogens with one attached hydrogen (secondary N) is 1. The number of fused-ring (bicyclic) bond motifs is 2. The molecule has 1 aliphatic carbocycles. The monoisotopic (exact) mass is 506 g/mol. The van der Waals surface area contributed by atoms with E-state index in [-0.39, 0.29) is 36.9 Å². The first kappa shape index (κ1) is 26.9. The Hall–Kier alpha value is -3.19. The zero-order valence-electron chi connectivity index (χ0n) is 21.8. The highest BCUT2D eigenvalue weighted by atomic mass is 16.5. The number of likely N-dealkylation sites (tertiary alicyclic amines) is 1. The number of ether oxygens (including phenoxy) is 1. The number of hydrogen-bond donors (Lipinski definition) is 2. The van der Waals surface area contributed by atoms with E-state index in [1.54, 1.807) is 11.8 Å². The zero-order valence-corrected chi connectivity index (χ0v) is 21.8. The molecule has 7 nitrogen and oxygen atoms in total. The second-order valence-electron chi connectivity index (χ2n) is 10.0. The summed E-state index contributed by atoms with van der Waals surface area (Å²) < 4.78 is 5.40. The normalized spacial score (nSPS) is 24.8. The molecule has 0 spiro atoms. The number of carbonyl (C=O) groups is 3. The van der Waals surface area contributed by atoms with Gasteiger partial charge in [0.1, 0.15) is 6.04 Å². The average Bonchev–Trinajstić information content (AvgIpc) is 3.19. The number of hydrogen-bond acceptors (Lipinski definition) is 5. The number of carbonyl (C=O) groups excluding carboxylic acids is 3. The number of anilines is 1. The van der Waals surface area contributed by atoms with Gasteiger partial charge in [0.2, 0.25) is 11.8 Å². The summed E-state index contributed by atoms with van der Waals surface area (Å²) in [6.07, 6.45) is 7.86. The van der Waals surface area contributed by atoms with Crippen LogP contribution in [0, 0.1) is 23.7 Å². The lowest BCUT2D eigenvalue weighted by Crippen LogP contribution is -2.44. The molecule has 0 radical (unpaired) electrons. The number of nitrogens with zero attached hydrogens (tertiary/aromatic N) is 1. The van der Waals surface area contributed by atoms with Crippen LogP contribution in [0.4, 0.5) is 5.69 Å². The standard InChI is InChI=1S/C30H38N2O5/c1-3-20-14-16-24-26(25(20)30(36)37-4-2)29(35)32(17-9-5-6-10-18-33)27(24)28(34)31-23-15-13-21-11-7-8-12-22(21)19-23/h7-8,11-16,19-20,24-27,33H,3-6,9-10,17-18H2,1-2H3,(H,31,34)/t20-,24+,25-,26-,27+/m1/s1. The molecule has 7 heteroatoms. The Morgan fingerprint density at radius 2 is 1.76 bits per heavy atom. The highest BCUT2D eigenvalue weighted by Crippen LogP contribution is 2.45. The van der Waals surface area contributed by atoms with Crippen LogP contribution in [0.2, 0.25) is 0 Å². The summed E-state index contributed by atoms with van der Waals surface area (Å²) in [5.74, 6) is -2.46. The van der Waals surface area contributed by atoms with Crippen LogP contribution >= 0.6 is 0 Å². The predicted molar refractivity (Wildman–Crippen MR) is 144 cm³/mol. The minimum atomic E-state index is -0.701. The van der Waals surface area contributed by atoms with E-state index in [0.717, 1.165) is 36.5 Å². The van der Waals surface area contributed by atoms with E-state index in [1.165, 1.54) is 0 Å². The van der Waals surface area contributed by atoms with Gasteiger partial charge in [0.25, 0.3) is 0 Å². The maximum Gasteiger partial charge on any atom is 0.310 e. The molecule has 2 N–H and O–H groups in total. The van der Waals surface area contributed by atoms with E-state index in [0.29, 0.717) is 18.7 Å². The van der Waals surface area contributed by atoms with Crippen LogP contribution in [0.1, 0.15) is 46.0 Å². The first-order chi connectivity index (χ1) is 18.0. The van der Waals surface area contributed by atoms with Crippen molar-refractivity contribution in [2.24, 2.45) is 23.7 Å². The molecular weight excluding hydrogens is 468 g/mol. The lowest BCUT2D eigenvalue weighted by atomic mass is 9.69. The summed E-state index contributed by atoms with van der Waals surface area (Å²) in [5, 5.41) is 14.2. The molecule has 5 atom stereocenters. The Balaban J connectivity index is 1.62. The summed E-state index contributed by atoms with van der Waals surface area (Å²) in [6, 6.07) is 13.0. The van der Waals surface area contributed by atoms with Crippen LogP contribution in [-0.4, -0.2) is 53.6 Å². The number of rotatable bonds is 11. The predicted octanol–water partition coefficient (Wildman–Crippen LogP) is 4.55. The largest absolute Gasteiger partial charge is 0.466 e. The molecule has 2 aromatic rings. The molecule has 1 aliphatic heterocycles. The minimum absolute atomic E-state index is 0.0991. The van der Waals surface area contributed by atoms with E-state index in [1.807, 2.05) is 61.5 Å². The second kappa shape index (κ2) is 12.4. The van der Waals surface area contributed by atoms with Crippen LogP contribution in [0.15, 0.2) is 54.6 Å². The molecule has 0 unspecified atom stereocenters. The Labute approximate surface area is 218 Å². The number of esters is 1. The Kier molecular flexibility index (Phi) is 8.98. The van der Waals surface area contributed by atoms with Crippen LogP contribution in [-0.2, 0) is 19.1 Å². The van der Waals surface area contributed by atoms with Gasteiger partial charge in [0, 0.05) is 24.8 Å². The SMILES string of the molecule is CCOC(=O)[C@H]1[C@@H]2C(=O)N(CCCCCCO)[C@H](C(=O)Nc3ccc4ccccc4c3)[C@H]2C=C[C@H]1CC. The molecule has 2 amide bonds. The zero-order chi connectivity index (χ0) is 26.4. The average molecular weight is 507 g/mol. The number of allylic oxidation sites excluding steroid dienone is 1. The fourth-order valence-electron chi connectivity index (χ4n) is 5.92. The third kappa shape index (κ3) is 5.72. The Bertz CT molecular complexity index is 1150. The highest BCUT2D eigenvalue weighted by Gasteiger charge is 2.57. The van der Waals surface area contributed by atoms with Crippen LogP contribution in [0.25, 0.3) is 10.8 Å². The fourth-order valence-corrected chi connectivity index (χ4v) is 5.92. The molecule has 0 aromatic heterocycles. The lowest BCUT2D eigenvalue weighted by Gasteiger charge is -2.33. The minimum Gasteiger partial charge on any atom is -0.466 e. The maximum atomic E-state index is 13.8. The summed E-state index contributed by atoms with van der Waals surface area (Å²) in [7, 11) is 0. The summed E-state index contributed by atoms with van der Waals surface area (Å²) in [4.78, 5) is 42.3. The molecule has 1 heterocycles. The van der Waals surface area contributed by atoms with Gasteiger partial charge in [-0.15, -0.1) is 0 Å². The van der Waals surface area contributed by atoms with Crippen LogP contribution in [0.3, 0.4) is 0 Å². The fraction of sp³-hybridized carbons (Fsp3) is 0.500. The van der Waals surface area contributed by atoms with Gasteiger partial charge < -0.3 is 20.1 Å². The van der Waals surface area contributed by atoms with Gasteiger partial charge >= 0.3 is 5.97 Å². The molecule has 37 heavy (non-hydrogen) atoms. The summed E-state index contributed by atoms with van der Waals surface area (Å²) in [6.45, 7) is 4.61. The van der Waals surface area contributed by atoms with E-state index in [9.17, 15) is 14.4 Å². The Morgan fingerprint density at radius 3 is 2.49 bits per heavy atom. The summed E-state index contributed by atoms with van der Waals surface area (Å²) >= 11 is 0. The molecule has 0 bridgehead atoms. The van der Waals surface area contributed by atoms with Crippen molar-refractivity contribution in [3.8, 4) is 0 Å². The number of unbranched alkanes of at least 4 members (excludes halogenated alkanes) is 3. The summed E-state index contributed by atoms with van der Waals surface area (Å²) in [5.41, 5.74) is 0.677. The smallest absolute Gasteiger partial charge is 0.310 e.